The number of benzene rings is 1. The zero-order valence-electron chi connectivity index (χ0n) is 14.2. The van der Waals surface area contributed by atoms with Gasteiger partial charge in [-0.25, -0.2) is 4.79 Å². The van der Waals surface area contributed by atoms with Gasteiger partial charge in [0.2, 0.25) is 0 Å². The first-order valence-corrected chi connectivity index (χ1v) is 8.41. The number of carboxylic acids is 1. The summed E-state index contributed by atoms with van der Waals surface area (Å²) in [6.45, 7) is 7.91. The molecule has 2 rings (SSSR count). The lowest BCUT2D eigenvalue weighted by Gasteiger charge is -2.41. The molecule has 1 heterocycles. The fourth-order valence-corrected chi connectivity index (χ4v) is 3.27. The van der Waals surface area contributed by atoms with Crippen LogP contribution in [0.1, 0.15) is 35.7 Å². The molecule has 1 aliphatic rings. The molecule has 128 valence electrons. The highest BCUT2D eigenvalue weighted by Crippen LogP contribution is 2.17. The molecule has 1 saturated heterocycles. The van der Waals surface area contributed by atoms with Gasteiger partial charge in [-0.05, 0) is 24.1 Å². The number of piperazine rings is 1. The van der Waals surface area contributed by atoms with Crippen LogP contribution in [0.2, 0.25) is 0 Å². The minimum atomic E-state index is -0.861. The largest absolute Gasteiger partial charge is 0.478 e. The lowest BCUT2D eigenvalue weighted by Crippen LogP contribution is -2.53. The monoisotopic (exact) mass is 320 g/mol. The van der Waals surface area contributed by atoms with Gasteiger partial charge in [0.15, 0.2) is 0 Å². The van der Waals surface area contributed by atoms with E-state index in [4.69, 9.17) is 9.84 Å². The molecular formula is C18H28N2O3. The number of nitrogens with zero attached hydrogens (tertiary/aromatic N) is 2. The summed E-state index contributed by atoms with van der Waals surface area (Å²) in [6, 6.07) is 7.84. The van der Waals surface area contributed by atoms with Crippen LogP contribution in [-0.4, -0.2) is 66.8 Å². The molecule has 1 fully saturated rings. The molecule has 1 aromatic rings. The number of aromatic carboxylic acids is 1. The lowest BCUT2D eigenvalue weighted by atomic mass is 10.1. The van der Waals surface area contributed by atoms with E-state index in [1.165, 1.54) is 12.8 Å². The molecule has 1 unspecified atom stereocenters. The molecule has 0 bridgehead atoms. The second kappa shape index (κ2) is 9.01. The molecular weight excluding hydrogens is 292 g/mol. The van der Waals surface area contributed by atoms with Crippen molar-refractivity contribution in [3.8, 4) is 0 Å². The van der Waals surface area contributed by atoms with Gasteiger partial charge in [-0.3, -0.25) is 9.80 Å². The second-order valence-corrected chi connectivity index (χ2v) is 6.21. The van der Waals surface area contributed by atoms with E-state index in [9.17, 15) is 4.79 Å². The maximum Gasteiger partial charge on any atom is 0.335 e. The van der Waals surface area contributed by atoms with Gasteiger partial charge in [-0.2, -0.15) is 0 Å². The molecule has 5 nitrogen and oxygen atoms in total. The maximum absolute atomic E-state index is 11.1. The molecule has 1 aromatic carbocycles. The van der Waals surface area contributed by atoms with E-state index in [-0.39, 0.29) is 0 Å². The summed E-state index contributed by atoms with van der Waals surface area (Å²) in [5.74, 6) is -0.861. The Balaban J connectivity index is 1.96. The third kappa shape index (κ3) is 5.30. The number of hydrogen-bond acceptors (Lipinski definition) is 4. The topological polar surface area (TPSA) is 53.0 Å². The Kier molecular flexibility index (Phi) is 7.02. The zero-order chi connectivity index (χ0) is 16.7. The first kappa shape index (κ1) is 17.9. The number of rotatable bonds is 8. The minimum absolute atomic E-state index is 0.367. The molecule has 1 aliphatic heterocycles. The van der Waals surface area contributed by atoms with Gasteiger partial charge in [-0.15, -0.1) is 0 Å². The quantitative estimate of drug-likeness (QED) is 0.796. The van der Waals surface area contributed by atoms with Crippen molar-refractivity contribution >= 4 is 5.97 Å². The number of carboxylic acid groups (broad SMARTS) is 1. The van der Waals surface area contributed by atoms with Crippen LogP contribution in [0.3, 0.4) is 0 Å². The molecule has 1 N–H and O–H groups in total. The Morgan fingerprint density at radius 1 is 1.39 bits per heavy atom. The highest BCUT2D eigenvalue weighted by molar-refractivity contribution is 5.87. The van der Waals surface area contributed by atoms with Gasteiger partial charge in [0.1, 0.15) is 0 Å². The number of carbonyl (C=O) groups is 1. The zero-order valence-corrected chi connectivity index (χ0v) is 14.2. The average Bonchev–Trinajstić information content (AvgIpc) is 2.55. The van der Waals surface area contributed by atoms with Crippen LogP contribution >= 0.6 is 0 Å². The average molecular weight is 320 g/mol. The van der Waals surface area contributed by atoms with Gasteiger partial charge < -0.3 is 9.84 Å². The van der Waals surface area contributed by atoms with Crippen LogP contribution in [0.5, 0.6) is 0 Å². The SMILES string of the molecule is CCCC1CN(Cc2cccc(C(=O)O)c2)CCN1CCOC. The number of ether oxygens (including phenoxy) is 1. The molecule has 0 saturated carbocycles. The van der Waals surface area contributed by atoms with Crippen molar-refractivity contribution in [3.63, 3.8) is 0 Å². The molecule has 0 spiro atoms. The Labute approximate surface area is 138 Å². The van der Waals surface area contributed by atoms with Gasteiger partial charge in [0.05, 0.1) is 12.2 Å². The fourth-order valence-electron chi connectivity index (χ4n) is 3.27. The summed E-state index contributed by atoms with van der Waals surface area (Å²) in [5, 5.41) is 9.11. The Hall–Kier alpha value is -1.43. The second-order valence-electron chi connectivity index (χ2n) is 6.21. The smallest absolute Gasteiger partial charge is 0.335 e. The minimum Gasteiger partial charge on any atom is -0.478 e. The summed E-state index contributed by atoms with van der Waals surface area (Å²) in [6.07, 6.45) is 2.37. The van der Waals surface area contributed by atoms with Crippen molar-refractivity contribution in [1.82, 2.24) is 9.80 Å². The van der Waals surface area contributed by atoms with Crippen LogP contribution in [-0.2, 0) is 11.3 Å². The van der Waals surface area contributed by atoms with E-state index in [1.54, 1.807) is 19.2 Å². The van der Waals surface area contributed by atoms with Crippen molar-refractivity contribution in [2.45, 2.75) is 32.4 Å². The fraction of sp³-hybridized carbons (Fsp3) is 0.611. The maximum atomic E-state index is 11.1. The van der Waals surface area contributed by atoms with E-state index in [1.807, 2.05) is 12.1 Å². The van der Waals surface area contributed by atoms with Gasteiger partial charge in [-0.1, -0.05) is 25.5 Å². The van der Waals surface area contributed by atoms with Crippen molar-refractivity contribution in [1.29, 1.82) is 0 Å². The first-order valence-electron chi connectivity index (χ1n) is 8.41. The molecule has 5 heteroatoms. The summed E-state index contributed by atoms with van der Waals surface area (Å²) >= 11 is 0. The van der Waals surface area contributed by atoms with Crippen LogP contribution < -0.4 is 0 Å². The number of methoxy groups -OCH3 is 1. The van der Waals surface area contributed by atoms with Crippen LogP contribution in [0.15, 0.2) is 24.3 Å². The summed E-state index contributed by atoms with van der Waals surface area (Å²) in [4.78, 5) is 16.1. The third-order valence-corrected chi connectivity index (χ3v) is 4.47. The molecule has 0 aliphatic carbocycles. The van der Waals surface area contributed by atoms with E-state index < -0.39 is 5.97 Å². The molecule has 0 amide bonds. The van der Waals surface area contributed by atoms with Gasteiger partial charge >= 0.3 is 5.97 Å². The Morgan fingerprint density at radius 2 is 2.22 bits per heavy atom. The predicted octanol–water partition coefficient (Wildman–Crippen LogP) is 2.32. The molecule has 23 heavy (non-hydrogen) atoms. The van der Waals surface area contributed by atoms with Crippen LogP contribution in [0, 0.1) is 0 Å². The summed E-state index contributed by atoms with van der Waals surface area (Å²) < 4.78 is 5.22. The lowest BCUT2D eigenvalue weighted by molar-refractivity contribution is 0.0441. The van der Waals surface area contributed by atoms with Crippen molar-refractivity contribution < 1.29 is 14.6 Å². The summed E-state index contributed by atoms with van der Waals surface area (Å²) in [7, 11) is 1.75. The highest BCUT2D eigenvalue weighted by Gasteiger charge is 2.26. The van der Waals surface area contributed by atoms with Crippen molar-refractivity contribution in [3.05, 3.63) is 35.4 Å². The third-order valence-electron chi connectivity index (χ3n) is 4.47. The number of hydrogen-bond donors (Lipinski definition) is 1. The molecule has 0 radical (unpaired) electrons. The summed E-state index contributed by atoms with van der Waals surface area (Å²) in [5.41, 5.74) is 1.44. The van der Waals surface area contributed by atoms with E-state index in [0.29, 0.717) is 11.6 Å². The highest BCUT2D eigenvalue weighted by atomic mass is 16.5. The van der Waals surface area contributed by atoms with E-state index in [2.05, 4.69) is 16.7 Å². The predicted molar refractivity (Wildman–Crippen MR) is 90.8 cm³/mol. The Morgan fingerprint density at radius 3 is 2.91 bits per heavy atom. The Bertz CT molecular complexity index is 507. The van der Waals surface area contributed by atoms with Crippen LogP contribution in [0.25, 0.3) is 0 Å². The molecule has 0 aromatic heterocycles. The first-order chi connectivity index (χ1) is 11.1. The standard InChI is InChI=1S/C18H28N2O3/c1-3-5-17-14-19(8-9-20(17)10-11-23-2)13-15-6-4-7-16(12-15)18(21)22/h4,6-7,12,17H,3,5,8-11,13-14H2,1-2H3,(H,21,22). The molecule has 1 atom stereocenters. The van der Waals surface area contributed by atoms with Gasteiger partial charge in [0.25, 0.3) is 0 Å². The van der Waals surface area contributed by atoms with Gasteiger partial charge in [0, 0.05) is 45.9 Å². The van der Waals surface area contributed by atoms with Crippen molar-refractivity contribution in [2.75, 3.05) is 39.9 Å². The van der Waals surface area contributed by atoms with Crippen LogP contribution in [0.4, 0.5) is 0 Å². The van der Waals surface area contributed by atoms with E-state index in [0.717, 1.165) is 44.9 Å². The normalized spacial score (nSPS) is 19.8. The van der Waals surface area contributed by atoms with Crippen molar-refractivity contribution in [2.24, 2.45) is 0 Å². The van der Waals surface area contributed by atoms with E-state index >= 15 is 0 Å².